The van der Waals surface area contributed by atoms with Crippen molar-refractivity contribution in [3.05, 3.63) is 0 Å². The standard InChI is InChI=1S/C14H26N2O/c1-17-13-6-8-16(10-13)9-7-15-14(11-2-3-11)12-4-5-12/h11-15H,2-10H2,1H3. The number of ether oxygens (including phenoxy) is 1. The number of nitrogens with zero attached hydrogens (tertiary/aromatic N) is 1. The van der Waals surface area contributed by atoms with Gasteiger partial charge in [0.25, 0.3) is 0 Å². The van der Waals surface area contributed by atoms with E-state index in [1.165, 1.54) is 51.7 Å². The minimum absolute atomic E-state index is 0.484. The zero-order valence-electron chi connectivity index (χ0n) is 11.0. The third-order valence-corrected chi connectivity index (χ3v) is 4.63. The summed E-state index contributed by atoms with van der Waals surface area (Å²) in [7, 11) is 1.84. The second-order valence-electron chi connectivity index (χ2n) is 6.10. The predicted molar refractivity (Wildman–Crippen MR) is 69.1 cm³/mol. The fraction of sp³-hybridized carbons (Fsp3) is 1.00. The van der Waals surface area contributed by atoms with Crippen molar-refractivity contribution in [2.24, 2.45) is 11.8 Å². The van der Waals surface area contributed by atoms with Crippen molar-refractivity contribution in [3.63, 3.8) is 0 Å². The zero-order chi connectivity index (χ0) is 11.7. The fourth-order valence-corrected chi connectivity index (χ4v) is 3.21. The van der Waals surface area contributed by atoms with Crippen LogP contribution in [-0.2, 0) is 4.74 Å². The van der Waals surface area contributed by atoms with Crippen molar-refractivity contribution >= 4 is 0 Å². The predicted octanol–water partition coefficient (Wildman–Crippen LogP) is 1.49. The second kappa shape index (κ2) is 5.25. The monoisotopic (exact) mass is 238 g/mol. The van der Waals surface area contributed by atoms with E-state index < -0.39 is 0 Å². The normalized spacial score (nSPS) is 30.4. The van der Waals surface area contributed by atoms with Crippen molar-refractivity contribution in [2.75, 3.05) is 33.3 Å². The molecule has 3 fully saturated rings. The Hall–Kier alpha value is -0.120. The highest BCUT2D eigenvalue weighted by molar-refractivity contribution is 4.96. The Kier molecular flexibility index (Phi) is 3.69. The third kappa shape index (κ3) is 3.21. The molecule has 0 aromatic carbocycles. The Morgan fingerprint density at radius 1 is 1.18 bits per heavy atom. The minimum atomic E-state index is 0.484. The van der Waals surface area contributed by atoms with Gasteiger partial charge in [0.1, 0.15) is 0 Å². The molecule has 0 amide bonds. The van der Waals surface area contributed by atoms with E-state index in [1.807, 2.05) is 7.11 Å². The molecule has 1 N–H and O–H groups in total. The van der Waals surface area contributed by atoms with Gasteiger partial charge in [-0.15, -0.1) is 0 Å². The van der Waals surface area contributed by atoms with Crippen molar-refractivity contribution in [1.82, 2.24) is 10.2 Å². The number of nitrogens with one attached hydrogen (secondary N) is 1. The Morgan fingerprint density at radius 3 is 2.41 bits per heavy atom. The summed E-state index contributed by atoms with van der Waals surface area (Å²) in [5.74, 6) is 2.04. The van der Waals surface area contributed by atoms with E-state index >= 15 is 0 Å². The molecule has 1 heterocycles. The van der Waals surface area contributed by atoms with Gasteiger partial charge in [0.05, 0.1) is 6.10 Å². The molecule has 17 heavy (non-hydrogen) atoms. The molecule has 1 atom stereocenters. The fourth-order valence-electron chi connectivity index (χ4n) is 3.21. The molecular formula is C14H26N2O. The molecule has 3 aliphatic rings. The van der Waals surface area contributed by atoms with Crippen LogP contribution in [0.5, 0.6) is 0 Å². The summed E-state index contributed by atoms with van der Waals surface area (Å²) >= 11 is 0. The van der Waals surface area contributed by atoms with E-state index in [4.69, 9.17) is 4.74 Å². The van der Waals surface area contributed by atoms with Gasteiger partial charge in [-0.05, 0) is 43.9 Å². The van der Waals surface area contributed by atoms with Crippen LogP contribution in [0.2, 0.25) is 0 Å². The summed E-state index contributed by atoms with van der Waals surface area (Å²) in [6.45, 7) is 4.73. The highest BCUT2D eigenvalue weighted by Crippen LogP contribution is 2.44. The van der Waals surface area contributed by atoms with Gasteiger partial charge in [-0.3, -0.25) is 4.90 Å². The van der Waals surface area contributed by atoms with Crippen molar-refractivity contribution < 1.29 is 4.74 Å². The molecule has 0 radical (unpaired) electrons. The molecule has 0 bridgehead atoms. The van der Waals surface area contributed by atoms with Crippen molar-refractivity contribution in [2.45, 2.75) is 44.2 Å². The van der Waals surface area contributed by atoms with Gasteiger partial charge in [-0.1, -0.05) is 0 Å². The summed E-state index contributed by atoms with van der Waals surface area (Å²) in [6, 6.07) is 0.857. The lowest BCUT2D eigenvalue weighted by molar-refractivity contribution is 0.108. The Labute approximate surface area is 105 Å². The van der Waals surface area contributed by atoms with Crippen LogP contribution in [0, 0.1) is 11.8 Å². The molecule has 1 unspecified atom stereocenters. The SMILES string of the molecule is COC1CCN(CCNC(C2CC2)C2CC2)C1. The van der Waals surface area contributed by atoms with Crippen molar-refractivity contribution in [1.29, 1.82) is 0 Å². The van der Waals surface area contributed by atoms with Gasteiger partial charge in [-0.2, -0.15) is 0 Å². The van der Waals surface area contributed by atoms with Gasteiger partial charge in [0.2, 0.25) is 0 Å². The molecule has 1 aliphatic heterocycles. The number of likely N-dealkylation sites (tertiary alicyclic amines) is 1. The summed E-state index contributed by atoms with van der Waals surface area (Å²) < 4.78 is 5.40. The molecule has 1 saturated heterocycles. The summed E-state index contributed by atoms with van der Waals surface area (Å²) in [4.78, 5) is 2.54. The Morgan fingerprint density at radius 2 is 1.88 bits per heavy atom. The number of hydrogen-bond donors (Lipinski definition) is 1. The molecule has 98 valence electrons. The first-order valence-electron chi connectivity index (χ1n) is 7.35. The summed E-state index contributed by atoms with van der Waals surface area (Å²) in [5.41, 5.74) is 0. The highest BCUT2D eigenvalue weighted by Gasteiger charge is 2.40. The quantitative estimate of drug-likeness (QED) is 0.727. The maximum absolute atomic E-state index is 5.40. The third-order valence-electron chi connectivity index (χ3n) is 4.63. The lowest BCUT2D eigenvalue weighted by Crippen LogP contribution is -2.39. The minimum Gasteiger partial charge on any atom is -0.380 e. The van der Waals surface area contributed by atoms with E-state index in [2.05, 4.69) is 10.2 Å². The van der Waals surface area contributed by atoms with Crippen LogP contribution in [0.25, 0.3) is 0 Å². The second-order valence-corrected chi connectivity index (χ2v) is 6.10. The van der Waals surface area contributed by atoms with E-state index in [9.17, 15) is 0 Å². The first-order valence-corrected chi connectivity index (χ1v) is 7.35. The summed E-state index contributed by atoms with van der Waals surface area (Å²) in [6.07, 6.45) is 7.60. The first kappa shape index (κ1) is 11.9. The number of rotatable bonds is 7. The Bertz CT molecular complexity index is 239. The molecule has 3 rings (SSSR count). The molecule has 0 aromatic rings. The van der Waals surface area contributed by atoms with E-state index in [0.29, 0.717) is 6.10 Å². The number of hydrogen-bond acceptors (Lipinski definition) is 3. The lowest BCUT2D eigenvalue weighted by Gasteiger charge is -2.21. The average molecular weight is 238 g/mol. The van der Waals surface area contributed by atoms with Gasteiger partial charge in [0.15, 0.2) is 0 Å². The van der Waals surface area contributed by atoms with Crippen molar-refractivity contribution in [3.8, 4) is 0 Å². The lowest BCUT2D eigenvalue weighted by atomic mass is 10.1. The molecule has 2 aliphatic carbocycles. The van der Waals surface area contributed by atoms with Crippen LogP contribution in [0.3, 0.4) is 0 Å². The van der Waals surface area contributed by atoms with E-state index in [0.717, 1.165) is 24.4 Å². The van der Waals surface area contributed by atoms with Crippen LogP contribution >= 0.6 is 0 Å². The number of methoxy groups -OCH3 is 1. The molecular weight excluding hydrogens is 212 g/mol. The van der Waals surface area contributed by atoms with E-state index in [-0.39, 0.29) is 0 Å². The smallest absolute Gasteiger partial charge is 0.0710 e. The van der Waals surface area contributed by atoms with Gasteiger partial charge < -0.3 is 10.1 Å². The first-order chi connectivity index (χ1) is 8.36. The van der Waals surface area contributed by atoms with Crippen LogP contribution in [-0.4, -0.2) is 50.3 Å². The van der Waals surface area contributed by atoms with Gasteiger partial charge >= 0.3 is 0 Å². The van der Waals surface area contributed by atoms with Crippen LogP contribution < -0.4 is 5.32 Å². The maximum Gasteiger partial charge on any atom is 0.0710 e. The Balaban J connectivity index is 1.34. The highest BCUT2D eigenvalue weighted by atomic mass is 16.5. The molecule has 2 saturated carbocycles. The van der Waals surface area contributed by atoms with Crippen LogP contribution in [0.4, 0.5) is 0 Å². The average Bonchev–Trinajstić information content (AvgIpc) is 3.25. The van der Waals surface area contributed by atoms with E-state index in [1.54, 1.807) is 0 Å². The largest absolute Gasteiger partial charge is 0.380 e. The molecule has 0 spiro atoms. The van der Waals surface area contributed by atoms with Gasteiger partial charge in [-0.25, -0.2) is 0 Å². The maximum atomic E-state index is 5.40. The molecule has 3 heteroatoms. The molecule has 0 aromatic heterocycles. The van der Waals surface area contributed by atoms with Crippen LogP contribution in [0.15, 0.2) is 0 Å². The zero-order valence-corrected chi connectivity index (χ0v) is 11.0. The van der Waals surface area contributed by atoms with Gasteiger partial charge in [0, 0.05) is 39.3 Å². The van der Waals surface area contributed by atoms with Crippen LogP contribution in [0.1, 0.15) is 32.1 Å². The topological polar surface area (TPSA) is 24.5 Å². The molecule has 3 nitrogen and oxygen atoms in total. The summed E-state index contributed by atoms with van der Waals surface area (Å²) in [5, 5.41) is 3.82.